The minimum absolute atomic E-state index is 0.0972. The lowest BCUT2D eigenvalue weighted by atomic mass is 10.0. The molecular formula is C9H17N2O2-. The van der Waals surface area contributed by atoms with Crippen molar-refractivity contribution in [1.82, 2.24) is 10.2 Å². The predicted octanol–water partition coefficient (Wildman–Crippen LogP) is -0.208. The van der Waals surface area contributed by atoms with Crippen LogP contribution in [0.1, 0.15) is 26.7 Å². The van der Waals surface area contributed by atoms with Gasteiger partial charge in [-0.2, -0.15) is 0 Å². The maximum Gasteiger partial charge on any atom is 0.134 e. The second kappa shape index (κ2) is 4.46. The summed E-state index contributed by atoms with van der Waals surface area (Å²) in [4.78, 5) is 12.6. The highest BCUT2D eigenvalue weighted by atomic mass is 16.4. The normalized spacial score (nSPS) is 20.5. The van der Waals surface area contributed by atoms with E-state index in [0.29, 0.717) is 6.04 Å². The predicted molar refractivity (Wildman–Crippen MR) is 48.3 cm³/mol. The van der Waals surface area contributed by atoms with Crippen LogP contribution in [0, 0.1) is 0 Å². The standard InChI is InChI=1S/C9H18N2O2/c1-7(2)11-5-3-8(4-6-11)10-9(12)13/h7-8,10H,3-6H2,1-2H3,(H,12,13)/p-1. The van der Waals surface area contributed by atoms with Gasteiger partial charge in [0.25, 0.3) is 0 Å². The van der Waals surface area contributed by atoms with Crippen molar-refractivity contribution in [3.05, 3.63) is 0 Å². The fourth-order valence-corrected chi connectivity index (χ4v) is 1.73. The number of nitrogens with zero attached hydrogens (tertiary/aromatic N) is 1. The van der Waals surface area contributed by atoms with E-state index in [-0.39, 0.29) is 6.04 Å². The van der Waals surface area contributed by atoms with Gasteiger partial charge < -0.3 is 20.1 Å². The summed E-state index contributed by atoms with van der Waals surface area (Å²) in [6.07, 6.45) is 0.640. The molecule has 4 heteroatoms. The third-order valence-electron chi connectivity index (χ3n) is 2.58. The molecule has 4 nitrogen and oxygen atoms in total. The zero-order chi connectivity index (χ0) is 9.84. The first-order chi connectivity index (χ1) is 6.09. The second-order valence-electron chi connectivity index (χ2n) is 3.84. The molecule has 1 aliphatic heterocycles. The number of likely N-dealkylation sites (tertiary alicyclic amines) is 1. The molecule has 0 aromatic carbocycles. The number of carboxylic acid groups (broad SMARTS) is 1. The van der Waals surface area contributed by atoms with Gasteiger partial charge in [0, 0.05) is 25.2 Å². The van der Waals surface area contributed by atoms with Gasteiger partial charge in [-0.3, -0.25) is 0 Å². The third-order valence-corrected chi connectivity index (χ3v) is 2.58. The van der Waals surface area contributed by atoms with Gasteiger partial charge in [0.2, 0.25) is 0 Å². The maximum atomic E-state index is 10.2. The van der Waals surface area contributed by atoms with Crippen LogP contribution in [0.15, 0.2) is 0 Å². The molecule has 13 heavy (non-hydrogen) atoms. The largest absolute Gasteiger partial charge is 0.530 e. The van der Waals surface area contributed by atoms with E-state index >= 15 is 0 Å². The summed E-state index contributed by atoms with van der Waals surface area (Å²) >= 11 is 0. The van der Waals surface area contributed by atoms with Crippen molar-refractivity contribution < 1.29 is 9.90 Å². The summed E-state index contributed by atoms with van der Waals surface area (Å²) < 4.78 is 0. The van der Waals surface area contributed by atoms with Gasteiger partial charge in [-0.15, -0.1) is 0 Å². The molecule has 1 heterocycles. The summed E-state index contributed by atoms with van der Waals surface area (Å²) in [7, 11) is 0. The van der Waals surface area contributed by atoms with Crippen LogP contribution >= 0.6 is 0 Å². The first kappa shape index (κ1) is 10.3. The third kappa shape index (κ3) is 3.22. The Bertz CT molecular complexity index is 174. The average Bonchev–Trinajstić information content (AvgIpc) is 2.04. The zero-order valence-electron chi connectivity index (χ0n) is 8.25. The molecule has 0 saturated carbocycles. The molecule has 1 aliphatic rings. The number of nitrogens with one attached hydrogen (secondary N) is 1. The van der Waals surface area contributed by atoms with Crippen molar-refractivity contribution in [3.63, 3.8) is 0 Å². The van der Waals surface area contributed by atoms with E-state index in [9.17, 15) is 9.90 Å². The number of hydrogen-bond donors (Lipinski definition) is 1. The topological polar surface area (TPSA) is 55.4 Å². The van der Waals surface area contributed by atoms with Crippen molar-refractivity contribution in [2.45, 2.75) is 38.8 Å². The number of carbonyl (C=O) groups excluding carboxylic acids is 1. The lowest BCUT2D eigenvalue weighted by molar-refractivity contribution is -0.251. The van der Waals surface area contributed by atoms with Gasteiger partial charge in [-0.05, 0) is 26.7 Å². The molecule has 0 aromatic heterocycles. The van der Waals surface area contributed by atoms with Crippen molar-refractivity contribution in [2.75, 3.05) is 13.1 Å². The van der Waals surface area contributed by atoms with Crippen LogP contribution in [0.3, 0.4) is 0 Å². The lowest BCUT2D eigenvalue weighted by Gasteiger charge is -2.35. The minimum Gasteiger partial charge on any atom is -0.530 e. The van der Waals surface area contributed by atoms with Crippen LogP contribution in [0.2, 0.25) is 0 Å². The Morgan fingerprint density at radius 1 is 1.46 bits per heavy atom. The van der Waals surface area contributed by atoms with Gasteiger partial charge in [-0.25, -0.2) is 0 Å². The highest BCUT2D eigenvalue weighted by Gasteiger charge is 2.19. The van der Waals surface area contributed by atoms with E-state index in [1.807, 2.05) is 0 Å². The number of piperidine rings is 1. The molecule has 1 saturated heterocycles. The van der Waals surface area contributed by atoms with Crippen LogP contribution < -0.4 is 10.4 Å². The molecule has 0 unspecified atom stereocenters. The molecule has 1 rings (SSSR count). The molecule has 0 aromatic rings. The van der Waals surface area contributed by atoms with E-state index in [0.717, 1.165) is 25.9 Å². The van der Waals surface area contributed by atoms with Gasteiger partial charge in [0.05, 0.1) is 0 Å². The second-order valence-corrected chi connectivity index (χ2v) is 3.84. The van der Waals surface area contributed by atoms with Crippen LogP contribution in [-0.2, 0) is 0 Å². The summed E-state index contributed by atoms with van der Waals surface area (Å²) in [6.45, 7) is 6.27. The minimum atomic E-state index is -1.15. The van der Waals surface area contributed by atoms with Gasteiger partial charge in [-0.1, -0.05) is 0 Å². The molecule has 0 atom stereocenters. The Morgan fingerprint density at radius 3 is 2.38 bits per heavy atom. The maximum absolute atomic E-state index is 10.2. The lowest BCUT2D eigenvalue weighted by Crippen LogP contribution is -2.49. The van der Waals surface area contributed by atoms with Crippen LogP contribution in [0.4, 0.5) is 4.79 Å². The molecule has 1 fully saturated rings. The molecule has 0 aliphatic carbocycles. The smallest absolute Gasteiger partial charge is 0.134 e. The summed E-state index contributed by atoms with van der Waals surface area (Å²) in [5.74, 6) is 0. The molecule has 0 radical (unpaired) electrons. The van der Waals surface area contributed by atoms with Crippen LogP contribution in [-0.4, -0.2) is 36.2 Å². The molecule has 0 bridgehead atoms. The summed E-state index contributed by atoms with van der Waals surface area (Å²) in [5.41, 5.74) is 0. The van der Waals surface area contributed by atoms with Gasteiger partial charge in [0.1, 0.15) is 6.09 Å². The number of hydrogen-bond acceptors (Lipinski definition) is 3. The Morgan fingerprint density at radius 2 is 2.00 bits per heavy atom. The average molecular weight is 185 g/mol. The molecule has 0 spiro atoms. The van der Waals surface area contributed by atoms with Crippen molar-refractivity contribution in [1.29, 1.82) is 0 Å². The van der Waals surface area contributed by atoms with Crippen molar-refractivity contribution in [2.24, 2.45) is 0 Å². The quantitative estimate of drug-likeness (QED) is 0.647. The Kier molecular flexibility index (Phi) is 3.54. The Labute approximate surface area is 78.9 Å². The Balaban J connectivity index is 2.26. The highest BCUT2D eigenvalue weighted by Crippen LogP contribution is 2.12. The van der Waals surface area contributed by atoms with Crippen LogP contribution in [0.5, 0.6) is 0 Å². The molecular weight excluding hydrogens is 168 g/mol. The summed E-state index contributed by atoms with van der Waals surface area (Å²) in [6, 6.07) is 0.656. The zero-order valence-corrected chi connectivity index (χ0v) is 8.25. The number of rotatable bonds is 2. The van der Waals surface area contributed by atoms with Crippen molar-refractivity contribution in [3.8, 4) is 0 Å². The van der Waals surface area contributed by atoms with Gasteiger partial charge >= 0.3 is 0 Å². The molecule has 76 valence electrons. The van der Waals surface area contributed by atoms with Crippen LogP contribution in [0.25, 0.3) is 0 Å². The SMILES string of the molecule is CC(C)N1CCC(NC(=O)[O-])CC1. The fraction of sp³-hybridized carbons (Fsp3) is 0.889. The number of carbonyl (C=O) groups is 1. The monoisotopic (exact) mass is 185 g/mol. The van der Waals surface area contributed by atoms with E-state index in [2.05, 4.69) is 24.1 Å². The molecule has 1 amide bonds. The fourth-order valence-electron chi connectivity index (χ4n) is 1.73. The highest BCUT2D eigenvalue weighted by molar-refractivity contribution is 5.62. The van der Waals surface area contributed by atoms with Crippen molar-refractivity contribution >= 4 is 6.09 Å². The van der Waals surface area contributed by atoms with E-state index in [1.54, 1.807) is 0 Å². The first-order valence-corrected chi connectivity index (χ1v) is 4.81. The Hall–Kier alpha value is -0.770. The number of amides is 1. The summed E-state index contributed by atoms with van der Waals surface area (Å²) in [5, 5.41) is 12.7. The molecule has 1 N–H and O–H groups in total. The van der Waals surface area contributed by atoms with E-state index < -0.39 is 6.09 Å². The van der Waals surface area contributed by atoms with Gasteiger partial charge in [0.15, 0.2) is 0 Å². The van der Waals surface area contributed by atoms with E-state index in [1.165, 1.54) is 0 Å². The van der Waals surface area contributed by atoms with E-state index in [4.69, 9.17) is 0 Å². The first-order valence-electron chi connectivity index (χ1n) is 4.81.